The van der Waals surface area contributed by atoms with E-state index in [0.717, 1.165) is 0 Å². The van der Waals surface area contributed by atoms with E-state index in [-0.39, 0.29) is 0 Å². The maximum absolute atomic E-state index is 9.62. The van der Waals surface area contributed by atoms with Crippen molar-refractivity contribution in [1.82, 2.24) is 0 Å². The molecule has 0 fully saturated rings. The highest BCUT2D eigenvalue weighted by molar-refractivity contribution is 4.99. The molecule has 0 radical (unpaired) electrons. The van der Waals surface area contributed by atoms with Crippen molar-refractivity contribution in [2.24, 2.45) is 0 Å². The van der Waals surface area contributed by atoms with Crippen molar-refractivity contribution in [2.75, 3.05) is 6.93 Å². The minimum Gasteiger partial charge on any atom is -0.214 e. The van der Waals surface area contributed by atoms with E-state index in [9.17, 15) is 8.78 Å². The second-order valence-electron chi connectivity index (χ2n) is 1.26. The first-order valence-corrected chi connectivity index (χ1v) is 2.53. The Bertz CT molecular complexity index is 89.8. The average molecular weight is 130 g/mol. The molecular weight excluding hydrogens is 122 g/mol. The van der Waals surface area contributed by atoms with E-state index < -0.39 is 6.93 Å². The van der Waals surface area contributed by atoms with Crippen LogP contribution in [-0.4, -0.2) is 6.93 Å². The predicted molar refractivity (Wildman–Crippen MR) is 33.5 cm³/mol. The minimum absolute atomic E-state index is 1.75. The Balaban J connectivity index is 0.000000187. The molecule has 0 aliphatic carbocycles. The highest BCUT2D eigenvalue weighted by Gasteiger charge is 1.57. The standard InChI is InChI=1S/C6H6.CH2F2/c1-2-4-6-5-3-1;2-1-3/h1-6H;1H2. The van der Waals surface area contributed by atoms with Crippen LogP contribution in [0.1, 0.15) is 0 Å². The summed E-state index contributed by atoms with van der Waals surface area (Å²) in [6, 6.07) is 12.0. The van der Waals surface area contributed by atoms with Gasteiger partial charge in [0.15, 0.2) is 0 Å². The maximum atomic E-state index is 9.62. The molecule has 2 heteroatoms. The van der Waals surface area contributed by atoms with E-state index in [1.165, 1.54) is 0 Å². The summed E-state index contributed by atoms with van der Waals surface area (Å²) in [4.78, 5) is 0. The van der Waals surface area contributed by atoms with Crippen LogP contribution in [0, 0.1) is 0 Å². The zero-order chi connectivity index (χ0) is 6.95. The van der Waals surface area contributed by atoms with Crippen molar-refractivity contribution < 1.29 is 8.78 Å². The first-order valence-electron chi connectivity index (χ1n) is 2.53. The van der Waals surface area contributed by atoms with Gasteiger partial charge in [-0.05, 0) is 0 Å². The number of alkyl halides is 2. The van der Waals surface area contributed by atoms with Gasteiger partial charge in [0, 0.05) is 0 Å². The number of hydrogen-bond acceptors (Lipinski definition) is 0. The van der Waals surface area contributed by atoms with Crippen LogP contribution in [0.4, 0.5) is 8.78 Å². The Morgan fingerprint density at radius 2 is 0.778 bits per heavy atom. The lowest BCUT2D eigenvalue weighted by molar-refractivity contribution is 0.295. The van der Waals surface area contributed by atoms with Gasteiger partial charge in [-0.25, -0.2) is 8.78 Å². The van der Waals surface area contributed by atoms with E-state index in [0.29, 0.717) is 0 Å². The van der Waals surface area contributed by atoms with Crippen LogP contribution >= 0.6 is 0 Å². The largest absolute Gasteiger partial charge is 0.229 e. The third kappa shape index (κ3) is 7.08. The Morgan fingerprint density at radius 3 is 0.889 bits per heavy atom. The summed E-state index contributed by atoms with van der Waals surface area (Å²) >= 11 is 0. The van der Waals surface area contributed by atoms with Crippen molar-refractivity contribution in [2.45, 2.75) is 0 Å². The molecule has 0 bridgehead atoms. The van der Waals surface area contributed by atoms with Crippen molar-refractivity contribution in [3.8, 4) is 0 Å². The van der Waals surface area contributed by atoms with Crippen LogP contribution in [0.5, 0.6) is 0 Å². The molecule has 0 N–H and O–H groups in total. The molecule has 0 amide bonds. The SMILES string of the molecule is FCF.c1ccccc1. The Morgan fingerprint density at radius 1 is 0.667 bits per heavy atom. The van der Waals surface area contributed by atoms with Crippen LogP contribution in [0.2, 0.25) is 0 Å². The Hall–Kier alpha value is -0.920. The smallest absolute Gasteiger partial charge is 0.214 e. The molecule has 1 rings (SSSR count). The molecule has 0 atom stereocenters. The molecule has 1 aromatic carbocycles. The Kier molecular flexibility index (Phi) is 6.36. The summed E-state index contributed by atoms with van der Waals surface area (Å²) < 4.78 is 19.2. The summed E-state index contributed by atoms with van der Waals surface area (Å²) in [6.07, 6.45) is 0. The van der Waals surface area contributed by atoms with Gasteiger partial charge in [0.2, 0.25) is 6.93 Å². The fourth-order valence-corrected chi connectivity index (χ4v) is 0.385. The number of halogens is 2. The summed E-state index contributed by atoms with van der Waals surface area (Å²) in [5.41, 5.74) is 0. The molecule has 0 aliphatic rings. The number of benzene rings is 1. The second-order valence-corrected chi connectivity index (χ2v) is 1.26. The molecule has 0 saturated heterocycles. The summed E-state index contributed by atoms with van der Waals surface area (Å²) in [5, 5.41) is 0. The van der Waals surface area contributed by atoms with Crippen LogP contribution in [0.25, 0.3) is 0 Å². The summed E-state index contributed by atoms with van der Waals surface area (Å²) in [6.45, 7) is -1.75. The minimum atomic E-state index is -1.75. The molecule has 0 unspecified atom stereocenters. The van der Waals surface area contributed by atoms with E-state index in [2.05, 4.69) is 0 Å². The van der Waals surface area contributed by atoms with E-state index in [4.69, 9.17) is 0 Å². The highest BCUT2D eigenvalue weighted by Crippen LogP contribution is 1.79. The molecule has 9 heavy (non-hydrogen) atoms. The normalized spacial score (nSPS) is 7.33. The van der Waals surface area contributed by atoms with Crippen molar-refractivity contribution >= 4 is 0 Å². The number of hydrogen-bond donors (Lipinski definition) is 0. The molecule has 0 aromatic heterocycles. The van der Waals surface area contributed by atoms with Gasteiger partial charge in [-0.1, -0.05) is 36.4 Å². The maximum Gasteiger partial charge on any atom is 0.229 e. The zero-order valence-electron chi connectivity index (χ0n) is 4.93. The third-order valence-corrected chi connectivity index (χ3v) is 0.667. The van der Waals surface area contributed by atoms with Crippen molar-refractivity contribution in [1.29, 1.82) is 0 Å². The van der Waals surface area contributed by atoms with Crippen LogP contribution in [-0.2, 0) is 0 Å². The van der Waals surface area contributed by atoms with Gasteiger partial charge in [-0.15, -0.1) is 0 Å². The topological polar surface area (TPSA) is 0 Å². The van der Waals surface area contributed by atoms with Crippen molar-refractivity contribution in [3.63, 3.8) is 0 Å². The fourth-order valence-electron chi connectivity index (χ4n) is 0.385. The molecule has 1 aromatic rings. The van der Waals surface area contributed by atoms with E-state index in [1.54, 1.807) is 0 Å². The van der Waals surface area contributed by atoms with Gasteiger partial charge >= 0.3 is 0 Å². The van der Waals surface area contributed by atoms with Crippen molar-refractivity contribution in [3.05, 3.63) is 36.4 Å². The first kappa shape index (κ1) is 8.08. The van der Waals surface area contributed by atoms with E-state index >= 15 is 0 Å². The van der Waals surface area contributed by atoms with E-state index in [1.807, 2.05) is 36.4 Å². The van der Waals surface area contributed by atoms with Crippen LogP contribution in [0.3, 0.4) is 0 Å². The monoisotopic (exact) mass is 130 g/mol. The molecule has 0 nitrogen and oxygen atoms in total. The predicted octanol–water partition coefficient (Wildman–Crippen LogP) is 2.57. The second kappa shape index (κ2) is 7.08. The molecule has 0 saturated carbocycles. The van der Waals surface area contributed by atoms with Crippen LogP contribution < -0.4 is 0 Å². The lowest BCUT2D eigenvalue weighted by Crippen LogP contribution is -1.47. The fraction of sp³-hybridized carbons (Fsp3) is 0.143. The third-order valence-electron chi connectivity index (χ3n) is 0.667. The Labute approximate surface area is 53.1 Å². The van der Waals surface area contributed by atoms with Gasteiger partial charge < -0.3 is 0 Å². The summed E-state index contributed by atoms with van der Waals surface area (Å²) in [7, 11) is 0. The van der Waals surface area contributed by atoms with Crippen LogP contribution in [0.15, 0.2) is 36.4 Å². The highest BCUT2D eigenvalue weighted by atomic mass is 19.3. The first-order chi connectivity index (χ1) is 4.41. The zero-order valence-corrected chi connectivity index (χ0v) is 4.93. The molecule has 0 aliphatic heterocycles. The van der Waals surface area contributed by atoms with Gasteiger partial charge in [0.05, 0.1) is 0 Å². The van der Waals surface area contributed by atoms with Gasteiger partial charge in [-0.3, -0.25) is 0 Å². The lowest BCUT2D eigenvalue weighted by Gasteiger charge is -1.69. The average Bonchev–Trinajstić information content (AvgIpc) is 1.93. The molecular formula is C7H8F2. The molecule has 0 spiro atoms. The number of rotatable bonds is 0. The summed E-state index contributed by atoms with van der Waals surface area (Å²) in [5.74, 6) is 0. The van der Waals surface area contributed by atoms with Gasteiger partial charge in [-0.2, -0.15) is 0 Å². The molecule has 50 valence electrons. The molecule has 0 heterocycles. The lowest BCUT2D eigenvalue weighted by atomic mass is 10.4. The van der Waals surface area contributed by atoms with Gasteiger partial charge in [0.25, 0.3) is 0 Å². The quantitative estimate of drug-likeness (QED) is 0.506. The van der Waals surface area contributed by atoms with Gasteiger partial charge in [0.1, 0.15) is 0 Å².